The average molecular weight is 986 g/mol. The highest BCUT2D eigenvalue weighted by Gasteiger charge is 2.23. The molecule has 6 aromatic rings. The Kier molecular flexibility index (Phi) is 21.3. The van der Waals surface area contributed by atoms with Gasteiger partial charge < -0.3 is 29.6 Å². The summed E-state index contributed by atoms with van der Waals surface area (Å²) in [6.45, 7) is 7.62. The number of esters is 3. The molecule has 2 N–H and O–H groups in total. The van der Waals surface area contributed by atoms with Crippen LogP contribution in [0.5, 0.6) is 0 Å². The normalized spacial score (nSPS) is 11.8. The van der Waals surface area contributed by atoms with Gasteiger partial charge in [0.25, 0.3) is 0 Å². The van der Waals surface area contributed by atoms with E-state index in [4.69, 9.17) is 42.1 Å². The van der Waals surface area contributed by atoms with Crippen molar-refractivity contribution in [2.45, 2.75) is 84.3 Å². The van der Waals surface area contributed by atoms with Crippen molar-refractivity contribution >= 4 is 53.1 Å². The number of nitrogens with one attached hydrogen (secondary N) is 2. The van der Waals surface area contributed by atoms with Crippen molar-refractivity contribution in [2.24, 2.45) is 0 Å². The molecular formula is C57H58Cl2N2O9. The molecule has 0 spiro atoms. The number of alkyl carbamates (subject to hydrolysis) is 1. The summed E-state index contributed by atoms with van der Waals surface area (Å²) in [5.41, 5.74) is 7.09. The van der Waals surface area contributed by atoms with E-state index in [1.54, 1.807) is 27.7 Å². The first-order chi connectivity index (χ1) is 33.6. The number of hydrogen-bond donors (Lipinski definition) is 2. The maximum absolute atomic E-state index is 12.5. The van der Waals surface area contributed by atoms with Gasteiger partial charge in [-0.15, -0.1) is 0 Å². The smallest absolute Gasteiger partial charge is 0.407 e. The number of benzene rings is 6. The van der Waals surface area contributed by atoms with Crippen LogP contribution in [0.3, 0.4) is 0 Å². The molecule has 0 bridgehead atoms. The molecule has 70 heavy (non-hydrogen) atoms. The van der Waals surface area contributed by atoms with Crippen molar-refractivity contribution in [2.75, 3.05) is 6.61 Å². The van der Waals surface area contributed by atoms with Gasteiger partial charge in [0.15, 0.2) is 0 Å². The third kappa shape index (κ3) is 20.2. The van der Waals surface area contributed by atoms with Gasteiger partial charge in [-0.05, 0) is 109 Å². The zero-order valence-corrected chi connectivity index (χ0v) is 41.2. The highest BCUT2D eigenvalue weighted by atomic mass is 35.5. The van der Waals surface area contributed by atoms with Crippen LogP contribution in [0.2, 0.25) is 10.0 Å². The van der Waals surface area contributed by atoms with Crippen LogP contribution in [0.4, 0.5) is 4.79 Å². The minimum absolute atomic E-state index is 0.0259. The minimum atomic E-state index is -0.638. The Labute approximate surface area is 420 Å². The Balaban J connectivity index is 0.000000261. The molecule has 6 aromatic carbocycles. The number of carbonyl (C=O) groups excluding carboxylic acids is 5. The Hall–Kier alpha value is -7.21. The molecule has 364 valence electrons. The average Bonchev–Trinajstić information content (AvgIpc) is 3.33. The zero-order chi connectivity index (χ0) is 50.3. The molecule has 0 aliphatic carbocycles. The van der Waals surface area contributed by atoms with E-state index in [0.717, 1.165) is 56.7 Å². The SMILES string of the molecule is CC(C)(C)OC(=O)N[C@@H](CC(=O)OCc1ccccc1)Cc1ccc(-c2cccc(Cl)c2)cc1.CCOC(=O)/C=C/C(=O)N[C@@H](CC(=O)OCc1ccccc1)Cc1ccc(-c2cccc(Cl)c2)cc1. The second-order valence-corrected chi connectivity index (χ2v) is 18.0. The summed E-state index contributed by atoms with van der Waals surface area (Å²) in [5.74, 6) is -1.93. The van der Waals surface area contributed by atoms with Crippen molar-refractivity contribution in [1.82, 2.24) is 10.6 Å². The van der Waals surface area contributed by atoms with E-state index in [2.05, 4.69) is 10.6 Å². The van der Waals surface area contributed by atoms with Gasteiger partial charge in [0.1, 0.15) is 18.8 Å². The van der Waals surface area contributed by atoms with Gasteiger partial charge in [-0.25, -0.2) is 9.59 Å². The van der Waals surface area contributed by atoms with Crippen LogP contribution in [0, 0.1) is 0 Å². The standard InChI is InChI=1S/C29H28ClNO5.C28H30ClNO4/c1-2-35-28(33)16-15-27(32)31-26(19-29(34)36-20-22-7-4-3-5-8-22)17-21-11-13-23(14-12-21)24-9-6-10-25(30)18-24;1-28(2,3)34-27(32)30-25(18-26(31)33-19-21-8-5-4-6-9-21)16-20-12-14-22(15-13-20)23-10-7-11-24(29)17-23/h3-16,18,26H,2,17,19-20H2,1H3,(H,31,32);4-15,17,25H,16,18-19H2,1-3H3,(H,30,32)/b16-15+;/t26-;25-/m11/s1. The van der Waals surface area contributed by atoms with E-state index in [1.165, 1.54) is 0 Å². The molecule has 0 heterocycles. The monoisotopic (exact) mass is 984 g/mol. The van der Waals surface area contributed by atoms with E-state index in [0.29, 0.717) is 22.9 Å². The lowest BCUT2D eigenvalue weighted by Crippen LogP contribution is -2.41. The fourth-order valence-corrected chi connectivity index (χ4v) is 7.35. The Morgan fingerprint density at radius 1 is 0.514 bits per heavy atom. The van der Waals surface area contributed by atoms with Crippen LogP contribution in [0.15, 0.2) is 170 Å². The highest BCUT2D eigenvalue weighted by Crippen LogP contribution is 2.25. The fraction of sp³-hybridized carbons (Fsp3) is 0.246. The van der Waals surface area contributed by atoms with E-state index in [-0.39, 0.29) is 38.6 Å². The van der Waals surface area contributed by atoms with Crippen LogP contribution in [-0.4, -0.2) is 54.2 Å². The molecule has 0 saturated carbocycles. The summed E-state index contributed by atoms with van der Waals surface area (Å²) in [5, 5.41) is 6.95. The van der Waals surface area contributed by atoms with Gasteiger partial charge in [-0.1, -0.05) is 157 Å². The predicted octanol–water partition coefficient (Wildman–Crippen LogP) is 11.9. The molecule has 0 aliphatic rings. The van der Waals surface area contributed by atoms with E-state index in [1.807, 2.05) is 158 Å². The molecule has 0 aliphatic heterocycles. The van der Waals surface area contributed by atoms with Gasteiger partial charge in [-0.3, -0.25) is 14.4 Å². The summed E-state index contributed by atoms with van der Waals surface area (Å²) in [6, 6.07) is 48.8. The molecular weight excluding hydrogens is 928 g/mol. The van der Waals surface area contributed by atoms with Crippen LogP contribution < -0.4 is 10.6 Å². The van der Waals surface area contributed by atoms with Gasteiger partial charge in [0.05, 0.1) is 19.4 Å². The zero-order valence-electron chi connectivity index (χ0n) is 39.7. The number of carbonyl (C=O) groups is 5. The number of ether oxygens (including phenoxy) is 4. The van der Waals surface area contributed by atoms with E-state index >= 15 is 0 Å². The van der Waals surface area contributed by atoms with Crippen molar-refractivity contribution in [1.29, 1.82) is 0 Å². The molecule has 6 rings (SSSR count). The second kappa shape index (κ2) is 27.7. The van der Waals surface area contributed by atoms with Gasteiger partial charge in [0.2, 0.25) is 5.91 Å². The maximum atomic E-state index is 12.5. The number of amides is 2. The largest absolute Gasteiger partial charge is 0.463 e. The fourth-order valence-electron chi connectivity index (χ4n) is 6.97. The first kappa shape index (κ1) is 53.7. The lowest BCUT2D eigenvalue weighted by molar-refractivity contribution is -0.146. The molecule has 0 radical (unpaired) electrons. The molecule has 2 amide bonds. The summed E-state index contributed by atoms with van der Waals surface area (Å²) in [7, 11) is 0. The number of hydrogen-bond acceptors (Lipinski definition) is 9. The molecule has 11 nitrogen and oxygen atoms in total. The first-order valence-corrected chi connectivity index (χ1v) is 23.6. The predicted molar refractivity (Wildman–Crippen MR) is 274 cm³/mol. The van der Waals surface area contributed by atoms with E-state index < -0.39 is 41.6 Å². The number of rotatable bonds is 19. The third-order valence-electron chi connectivity index (χ3n) is 10.2. The Bertz CT molecular complexity index is 2650. The number of halogens is 2. The summed E-state index contributed by atoms with van der Waals surface area (Å²) >= 11 is 12.2. The quantitative estimate of drug-likeness (QED) is 0.0460. The van der Waals surface area contributed by atoms with Crippen LogP contribution in [0.1, 0.15) is 62.8 Å². The summed E-state index contributed by atoms with van der Waals surface area (Å²) < 4.78 is 21.0. The summed E-state index contributed by atoms with van der Waals surface area (Å²) in [4.78, 5) is 61.4. The Morgan fingerprint density at radius 2 is 0.957 bits per heavy atom. The molecule has 0 saturated heterocycles. The lowest BCUT2D eigenvalue weighted by atomic mass is 9.99. The van der Waals surface area contributed by atoms with Crippen molar-refractivity contribution in [3.05, 3.63) is 202 Å². The minimum Gasteiger partial charge on any atom is -0.463 e. The highest BCUT2D eigenvalue weighted by molar-refractivity contribution is 6.31. The Morgan fingerprint density at radius 3 is 1.37 bits per heavy atom. The van der Waals surface area contributed by atoms with Crippen LogP contribution >= 0.6 is 23.2 Å². The van der Waals surface area contributed by atoms with Crippen molar-refractivity contribution < 1.29 is 42.9 Å². The molecule has 0 aromatic heterocycles. The van der Waals surface area contributed by atoms with Crippen molar-refractivity contribution in [3.8, 4) is 22.3 Å². The van der Waals surface area contributed by atoms with Gasteiger partial charge in [0, 0.05) is 34.3 Å². The third-order valence-corrected chi connectivity index (χ3v) is 10.7. The van der Waals surface area contributed by atoms with Gasteiger partial charge >= 0.3 is 24.0 Å². The first-order valence-electron chi connectivity index (χ1n) is 22.8. The van der Waals surface area contributed by atoms with E-state index in [9.17, 15) is 24.0 Å². The van der Waals surface area contributed by atoms with Crippen molar-refractivity contribution in [3.63, 3.8) is 0 Å². The molecule has 0 fully saturated rings. The lowest BCUT2D eigenvalue weighted by Gasteiger charge is -2.23. The molecule has 0 unspecified atom stereocenters. The van der Waals surface area contributed by atoms with Crippen LogP contribution in [0.25, 0.3) is 22.3 Å². The summed E-state index contributed by atoms with van der Waals surface area (Å²) in [6.07, 6.45) is 2.45. The van der Waals surface area contributed by atoms with Crippen LogP contribution in [-0.2, 0) is 64.2 Å². The topological polar surface area (TPSA) is 146 Å². The maximum Gasteiger partial charge on any atom is 0.407 e. The van der Waals surface area contributed by atoms with Gasteiger partial charge in [-0.2, -0.15) is 0 Å². The molecule has 2 atom stereocenters. The second-order valence-electron chi connectivity index (χ2n) is 17.2. The molecule has 13 heteroatoms.